The summed E-state index contributed by atoms with van der Waals surface area (Å²) in [6.07, 6.45) is 0. The lowest BCUT2D eigenvalue weighted by Gasteiger charge is -2.27. The van der Waals surface area contributed by atoms with E-state index in [9.17, 15) is 4.79 Å². The summed E-state index contributed by atoms with van der Waals surface area (Å²) in [5.41, 5.74) is 4.74. The molecule has 2 N–H and O–H groups in total. The molecule has 0 bridgehead atoms. The maximum Gasteiger partial charge on any atom is 0.255 e. The van der Waals surface area contributed by atoms with Crippen molar-refractivity contribution in [1.82, 2.24) is 15.2 Å². The Morgan fingerprint density at radius 2 is 1.91 bits per heavy atom. The SMILES string of the molecule is O=C(Nc1ccccc1-c1nc2ccc(CN3CCNCC3)cc2o1)c1cccc(Br)c1. The van der Waals surface area contributed by atoms with Crippen molar-refractivity contribution in [2.45, 2.75) is 6.54 Å². The Morgan fingerprint density at radius 1 is 1.06 bits per heavy atom. The average molecular weight is 491 g/mol. The normalized spacial score (nSPS) is 14.5. The summed E-state index contributed by atoms with van der Waals surface area (Å²) < 4.78 is 6.99. The topological polar surface area (TPSA) is 70.4 Å². The van der Waals surface area contributed by atoms with Crippen LogP contribution in [0.1, 0.15) is 15.9 Å². The van der Waals surface area contributed by atoms with E-state index in [0.29, 0.717) is 17.1 Å². The Bertz CT molecular complexity index is 1260. The number of rotatable bonds is 5. The van der Waals surface area contributed by atoms with Crippen LogP contribution >= 0.6 is 15.9 Å². The second-order valence-electron chi connectivity index (χ2n) is 7.86. The standard InChI is InChI=1S/C25H23BrN4O2/c26-19-5-3-4-18(15-19)24(31)28-21-7-2-1-6-20(21)25-29-22-9-8-17(14-23(22)32-25)16-30-12-10-27-11-13-30/h1-9,14-15,27H,10-13,16H2,(H,28,31). The summed E-state index contributed by atoms with van der Waals surface area (Å²) in [5.74, 6) is 0.303. The van der Waals surface area contributed by atoms with Crippen molar-refractivity contribution in [2.75, 3.05) is 31.5 Å². The molecule has 2 heterocycles. The van der Waals surface area contributed by atoms with Crippen molar-refractivity contribution in [3.8, 4) is 11.5 Å². The van der Waals surface area contributed by atoms with Gasteiger partial charge >= 0.3 is 0 Å². The first-order chi connectivity index (χ1) is 15.7. The van der Waals surface area contributed by atoms with Crippen molar-refractivity contribution in [3.05, 3.63) is 82.3 Å². The van der Waals surface area contributed by atoms with Gasteiger partial charge in [-0.1, -0.05) is 40.2 Å². The van der Waals surface area contributed by atoms with E-state index < -0.39 is 0 Å². The van der Waals surface area contributed by atoms with Crippen molar-refractivity contribution in [3.63, 3.8) is 0 Å². The molecule has 1 amide bonds. The molecule has 32 heavy (non-hydrogen) atoms. The number of nitrogens with zero attached hydrogens (tertiary/aromatic N) is 2. The quantitative estimate of drug-likeness (QED) is 0.415. The molecule has 1 aromatic heterocycles. The third-order valence-electron chi connectivity index (χ3n) is 5.56. The summed E-state index contributed by atoms with van der Waals surface area (Å²) in [5, 5.41) is 6.37. The number of hydrogen-bond donors (Lipinski definition) is 2. The molecule has 0 saturated carbocycles. The molecular weight excluding hydrogens is 468 g/mol. The monoisotopic (exact) mass is 490 g/mol. The first-order valence-electron chi connectivity index (χ1n) is 10.6. The molecule has 6 nitrogen and oxygen atoms in total. The van der Waals surface area contributed by atoms with Crippen LogP contribution in [0.25, 0.3) is 22.6 Å². The van der Waals surface area contributed by atoms with Gasteiger partial charge in [0.1, 0.15) is 5.52 Å². The molecule has 0 radical (unpaired) electrons. The Hall–Kier alpha value is -3.00. The Labute approximate surface area is 194 Å². The molecule has 0 atom stereocenters. The third kappa shape index (κ3) is 4.60. The van der Waals surface area contributed by atoms with Crippen LogP contribution < -0.4 is 10.6 Å². The van der Waals surface area contributed by atoms with Crippen LogP contribution in [-0.2, 0) is 6.54 Å². The first-order valence-corrected chi connectivity index (χ1v) is 11.4. The van der Waals surface area contributed by atoms with E-state index in [-0.39, 0.29) is 5.91 Å². The number of amides is 1. The van der Waals surface area contributed by atoms with Crippen LogP contribution in [0, 0.1) is 0 Å². The molecule has 4 aromatic rings. The lowest BCUT2D eigenvalue weighted by Crippen LogP contribution is -2.42. The second kappa shape index (κ2) is 9.24. The number of fused-ring (bicyclic) bond motifs is 1. The van der Waals surface area contributed by atoms with Gasteiger partial charge in [-0.2, -0.15) is 0 Å². The van der Waals surface area contributed by atoms with Gasteiger partial charge in [-0.3, -0.25) is 9.69 Å². The smallest absolute Gasteiger partial charge is 0.255 e. The fourth-order valence-corrected chi connectivity index (χ4v) is 4.31. The van der Waals surface area contributed by atoms with Gasteiger partial charge in [0.25, 0.3) is 5.91 Å². The van der Waals surface area contributed by atoms with E-state index in [1.54, 1.807) is 12.1 Å². The highest BCUT2D eigenvalue weighted by Crippen LogP contribution is 2.31. The maximum atomic E-state index is 12.8. The molecule has 1 fully saturated rings. The molecular formula is C25H23BrN4O2. The fraction of sp³-hybridized carbons (Fsp3) is 0.200. The third-order valence-corrected chi connectivity index (χ3v) is 6.05. The molecule has 1 saturated heterocycles. The molecule has 1 aliphatic rings. The molecule has 0 unspecified atom stereocenters. The number of carbonyl (C=O) groups is 1. The number of para-hydroxylation sites is 1. The number of hydrogen-bond acceptors (Lipinski definition) is 5. The summed E-state index contributed by atoms with van der Waals surface area (Å²) in [7, 11) is 0. The van der Waals surface area contributed by atoms with Gasteiger partial charge in [0.15, 0.2) is 5.58 Å². The van der Waals surface area contributed by atoms with E-state index in [0.717, 1.165) is 53.9 Å². The Morgan fingerprint density at radius 3 is 2.75 bits per heavy atom. The van der Waals surface area contributed by atoms with Crippen molar-refractivity contribution >= 4 is 38.6 Å². The zero-order chi connectivity index (χ0) is 21.9. The van der Waals surface area contributed by atoms with Crippen molar-refractivity contribution in [1.29, 1.82) is 0 Å². The predicted octanol–water partition coefficient (Wildman–Crippen LogP) is 4.91. The Kier molecular flexibility index (Phi) is 6.03. The van der Waals surface area contributed by atoms with E-state index >= 15 is 0 Å². The second-order valence-corrected chi connectivity index (χ2v) is 8.77. The minimum absolute atomic E-state index is 0.187. The van der Waals surface area contributed by atoms with Gasteiger partial charge in [0.2, 0.25) is 5.89 Å². The number of oxazole rings is 1. The molecule has 0 aliphatic carbocycles. The minimum atomic E-state index is -0.187. The number of nitrogens with one attached hydrogen (secondary N) is 2. The van der Waals surface area contributed by atoms with E-state index in [2.05, 4.69) is 48.6 Å². The number of aromatic nitrogens is 1. The van der Waals surface area contributed by atoms with E-state index in [1.807, 2.05) is 42.5 Å². The van der Waals surface area contributed by atoms with Crippen LogP contribution in [0.15, 0.2) is 75.6 Å². The lowest BCUT2D eigenvalue weighted by atomic mass is 10.1. The maximum absolute atomic E-state index is 12.8. The summed E-state index contributed by atoms with van der Waals surface area (Å²) in [6, 6.07) is 21.0. The number of benzene rings is 3. The van der Waals surface area contributed by atoms with Gasteiger partial charge in [-0.05, 0) is 48.0 Å². The zero-order valence-electron chi connectivity index (χ0n) is 17.5. The van der Waals surface area contributed by atoms with E-state index in [4.69, 9.17) is 4.42 Å². The highest BCUT2D eigenvalue weighted by atomic mass is 79.9. The molecule has 7 heteroatoms. The molecule has 162 valence electrons. The molecule has 5 rings (SSSR count). The molecule has 3 aromatic carbocycles. The first kappa shape index (κ1) is 20.9. The number of piperazine rings is 1. The number of anilines is 1. The van der Waals surface area contributed by atoms with Crippen LogP contribution in [0.2, 0.25) is 0 Å². The van der Waals surface area contributed by atoms with E-state index in [1.165, 1.54) is 5.56 Å². The predicted molar refractivity (Wildman–Crippen MR) is 130 cm³/mol. The minimum Gasteiger partial charge on any atom is -0.436 e. The van der Waals surface area contributed by atoms with Crippen LogP contribution in [-0.4, -0.2) is 42.0 Å². The van der Waals surface area contributed by atoms with Crippen LogP contribution in [0.3, 0.4) is 0 Å². The van der Waals surface area contributed by atoms with Gasteiger partial charge in [-0.25, -0.2) is 4.98 Å². The van der Waals surface area contributed by atoms with Crippen molar-refractivity contribution in [2.24, 2.45) is 0 Å². The van der Waals surface area contributed by atoms with Gasteiger partial charge in [-0.15, -0.1) is 0 Å². The lowest BCUT2D eigenvalue weighted by molar-refractivity contribution is 0.102. The summed E-state index contributed by atoms with van der Waals surface area (Å²) in [6.45, 7) is 5.04. The Balaban J connectivity index is 1.40. The molecule has 1 aliphatic heterocycles. The number of halogens is 1. The van der Waals surface area contributed by atoms with Crippen LogP contribution in [0.5, 0.6) is 0 Å². The number of carbonyl (C=O) groups excluding carboxylic acids is 1. The highest BCUT2D eigenvalue weighted by Gasteiger charge is 2.16. The average Bonchev–Trinajstić information content (AvgIpc) is 3.23. The van der Waals surface area contributed by atoms with Gasteiger partial charge < -0.3 is 15.1 Å². The largest absolute Gasteiger partial charge is 0.436 e. The van der Waals surface area contributed by atoms with Gasteiger partial charge in [0, 0.05) is 42.8 Å². The fourth-order valence-electron chi connectivity index (χ4n) is 3.91. The molecule has 0 spiro atoms. The van der Waals surface area contributed by atoms with Crippen molar-refractivity contribution < 1.29 is 9.21 Å². The highest BCUT2D eigenvalue weighted by molar-refractivity contribution is 9.10. The zero-order valence-corrected chi connectivity index (χ0v) is 19.1. The van der Waals surface area contributed by atoms with Crippen LogP contribution in [0.4, 0.5) is 5.69 Å². The van der Waals surface area contributed by atoms with Gasteiger partial charge in [0.05, 0.1) is 11.3 Å². The summed E-state index contributed by atoms with van der Waals surface area (Å²) in [4.78, 5) is 19.9. The summed E-state index contributed by atoms with van der Waals surface area (Å²) >= 11 is 3.41.